The lowest BCUT2D eigenvalue weighted by Crippen LogP contribution is -2.15. The van der Waals surface area contributed by atoms with E-state index in [4.69, 9.17) is 5.11 Å². The van der Waals surface area contributed by atoms with Gasteiger partial charge in [0.15, 0.2) is 0 Å². The van der Waals surface area contributed by atoms with Crippen molar-refractivity contribution in [2.24, 2.45) is 5.41 Å². The molecule has 4 rings (SSSR count). The van der Waals surface area contributed by atoms with Crippen LogP contribution in [0.15, 0.2) is 60.7 Å². The van der Waals surface area contributed by atoms with Gasteiger partial charge in [0, 0.05) is 35.0 Å². The average Bonchev–Trinajstić information content (AvgIpc) is 3.21. The van der Waals surface area contributed by atoms with Crippen molar-refractivity contribution in [3.05, 3.63) is 82.9 Å². The molecule has 4 heteroatoms. The number of rotatable bonds is 10. The lowest BCUT2D eigenvalue weighted by Gasteiger charge is -2.23. The zero-order valence-corrected chi connectivity index (χ0v) is 25.0. The molecule has 0 aliphatic rings. The normalized spacial score (nSPS) is 12.0. The van der Waals surface area contributed by atoms with Crippen molar-refractivity contribution < 1.29 is 15.0 Å². The number of nitrogens with zero attached hydrogens (tertiary/aromatic N) is 1. The SMILES string of the molecule is CCC(C)(C)Cc1ccc2c(c1)c1cc(C(C)(C)CC)ccc1n2Cc1cccc(C(=O)O)c1.CCCCO. The highest BCUT2D eigenvalue weighted by molar-refractivity contribution is 6.08. The summed E-state index contributed by atoms with van der Waals surface area (Å²) in [6.45, 7) is 16.8. The summed E-state index contributed by atoms with van der Waals surface area (Å²) in [4.78, 5) is 11.5. The molecule has 0 saturated heterocycles. The predicted octanol–water partition coefficient (Wildman–Crippen LogP) is 8.99. The molecule has 0 unspecified atom stereocenters. The number of hydrogen-bond acceptors (Lipinski definition) is 2. The molecule has 3 aromatic carbocycles. The van der Waals surface area contributed by atoms with Gasteiger partial charge in [0.05, 0.1) is 5.56 Å². The van der Waals surface area contributed by atoms with Crippen LogP contribution >= 0.6 is 0 Å². The van der Waals surface area contributed by atoms with E-state index >= 15 is 0 Å². The highest BCUT2D eigenvalue weighted by Crippen LogP contribution is 2.36. The van der Waals surface area contributed by atoms with Gasteiger partial charge < -0.3 is 14.8 Å². The van der Waals surface area contributed by atoms with E-state index < -0.39 is 5.97 Å². The molecule has 2 N–H and O–H groups in total. The van der Waals surface area contributed by atoms with E-state index in [2.05, 4.69) is 89.4 Å². The van der Waals surface area contributed by atoms with E-state index in [1.54, 1.807) is 12.1 Å². The summed E-state index contributed by atoms with van der Waals surface area (Å²) < 4.78 is 2.34. The standard InChI is InChI=1S/C31H37NO2.C4H10O/c1-7-30(3,4)19-21-12-14-27-25(17-21)26-18-24(31(5,6)8-2)13-15-28(26)32(27)20-22-10-9-11-23(16-22)29(33)34;1-2-3-4-5/h9-18H,7-8,19-20H2,1-6H3,(H,33,34);5H,2-4H2,1H3. The third kappa shape index (κ3) is 7.30. The van der Waals surface area contributed by atoms with Crippen LogP contribution in [0.25, 0.3) is 21.8 Å². The number of aliphatic hydroxyl groups is 1. The molecule has 0 radical (unpaired) electrons. The second kappa shape index (κ2) is 12.8. The summed E-state index contributed by atoms with van der Waals surface area (Å²) in [7, 11) is 0. The maximum atomic E-state index is 11.5. The number of unbranched alkanes of at least 4 members (excludes halogenated alkanes) is 1. The summed E-state index contributed by atoms with van der Waals surface area (Å²) in [5, 5.41) is 20.1. The molecule has 4 aromatic rings. The molecule has 0 saturated carbocycles. The number of aromatic nitrogens is 1. The third-order valence-electron chi connectivity index (χ3n) is 8.26. The molecule has 0 aliphatic carbocycles. The van der Waals surface area contributed by atoms with Crippen molar-refractivity contribution >= 4 is 27.8 Å². The van der Waals surface area contributed by atoms with Crippen molar-refractivity contribution in [2.45, 2.75) is 92.5 Å². The van der Waals surface area contributed by atoms with Gasteiger partial charge in [0.25, 0.3) is 0 Å². The fourth-order valence-corrected chi connectivity index (χ4v) is 4.88. The minimum absolute atomic E-state index is 0.111. The minimum Gasteiger partial charge on any atom is -0.478 e. The van der Waals surface area contributed by atoms with Crippen LogP contribution in [-0.4, -0.2) is 27.4 Å². The number of aromatic carboxylic acids is 1. The first-order chi connectivity index (χ1) is 18.5. The Hall–Kier alpha value is -3.11. The van der Waals surface area contributed by atoms with Crippen LogP contribution < -0.4 is 0 Å². The van der Waals surface area contributed by atoms with Gasteiger partial charge >= 0.3 is 5.97 Å². The largest absolute Gasteiger partial charge is 0.478 e. The van der Waals surface area contributed by atoms with Gasteiger partial charge in [0.1, 0.15) is 0 Å². The first kappa shape index (κ1) is 30.4. The minimum atomic E-state index is -0.890. The van der Waals surface area contributed by atoms with Crippen molar-refractivity contribution in [3.63, 3.8) is 0 Å². The van der Waals surface area contributed by atoms with Crippen molar-refractivity contribution in [1.29, 1.82) is 0 Å². The van der Waals surface area contributed by atoms with E-state index in [0.29, 0.717) is 18.7 Å². The molecular formula is C35H47NO3. The smallest absolute Gasteiger partial charge is 0.335 e. The molecule has 1 heterocycles. The summed E-state index contributed by atoms with van der Waals surface area (Å²) in [5.41, 5.74) is 6.81. The first-order valence-corrected chi connectivity index (χ1v) is 14.4. The van der Waals surface area contributed by atoms with Crippen molar-refractivity contribution in [2.75, 3.05) is 6.61 Å². The second-order valence-corrected chi connectivity index (χ2v) is 12.2. The summed E-state index contributed by atoms with van der Waals surface area (Å²) in [5.74, 6) is -0.890. The van der Waals surface area contributed by atoms with E-state index in [0.717, 1.165) is 37.7 Å². The Bertz CT molecular complexity index is 1410. The highest BCUT2D eigenvalue weighted by Gasteiger charge is 2.21. The molecule has 0 amide bonds. The summed E-state index contributed by atoms with van der Waals surface area (Å²) in [6, 6.07) is 21.1. The maximum Gasteiger partial charge on any atom is 0.335 e. The number of fused-ring (bicyclic) bond motifs is 3. The van der Waals surface area contributed by atoms with Gasteiger partial charge in [-0.3, -0.25) is 0 Å². The molecule has 1 aromatic heterocycles. The van der Waals surface area contributed by atoms with Gasteiger partial charge in [-0.25, -0.2) is 4.79 Å². The molecule has 4 nitrogen and oxygen atoms in total. The number of hydrogen-bond donors (Lipinski definition) is 2. The fraction of sp³-hybridized carbons (Fsp3) is 0.457. The fourth-order valence-electron chi connectivity index (χ4n) is 4.88. The Morgan fingerprint density at radius 1 is 0.821 bits per heavy atom. The van der Waals surface area contributed by atoms with Crippen LogP contribution in [0.3, 0.4) is 0 Å². The van der Waals surface area contributed by atoms with Crippen LogP contribution in [0.4, 0.5) is 0 Å². The van der Waals surface area contributed by atoms with Crippen molar-refractivity contribution in [3.8, 4) is 0 Å². The van der Waals surface area contributed by atoms with Gasteiger partial charge in [0.2, 0.25) is 0 Å². The molecule has 0 bridgehead atoms. The van der Waals surface area contributed by atoms with Gasteiger partial charge in [-0.15, -0.1) is 0 Å². The Balaban J connectivity index is 0.000000771. The second-order valence-electron chi connectivity index (χ2n) is 12.2. The van der Waals surface area contributed by atoms with Crippen LogP contribution in [0.2, 0.25) is 0 Å². The Labute approximate surface area is 234 Å². The zero-order chi connectivity index (χ0) is 28.8. The molecular weight excluding hydrogens is 482 g/mol. The zero-order valence-electron chi connectivity index (χ0n) is 25.0. The predicted molar refractivity (Wildman–Crippen MR) is 165 cm³/mol. The van der Waals surface area contributed by atoms with Gasteiger partial charge in [-0.05, 0) is 83.2 Å². The Kier molecular flexibility index (Phi) is 10.0. The number of carboxylic acids is 1. The average molecular weight is 530 g/mol. The molecule has 210 valence electrons. The monoisotopic (exact) mass is 529 g/mol. The lowest BCUT2D eigenvalue weighted by molar-refractivity contribution is 0.0696. The summed E-state index contributed by atoms with van der Waals surface area (Å²) in [6.07, 6.45) is 5.31. The van der Waals surface area contributed by atoms with Gasteiger partial charge in [-0.1, -0.05) is 85.6 Å². The van der Waals surface area contributed by atoms with Crippen LogP contribution in [0.5, 0.6) is 0 Å². The topological polar surface area (TPSA) is 62.5 Å². The van der Waals surface area contributed by atoms with E-state index in [1.807, 2.05) is 12.1 Å². The van der Waals surface area contributed by atoms with Crippen LogP contribution in [-0.2, 0) is 18.4 Å². The van der Waals surface area contributed by atoms with Crippen LogP contribution in [0, 0.1) is 5.41 Å². The van der Waals surface area contributed by atoms with Crippen LogP contribution in [0.1, 0.15) is 101 Å². The van der Waals surface area contributed by atoms with Gasteiger partial charge in [-0.2, -0.15) is 0 Å². The molecule has 39 heavy (non-hydrogen) atoms. The van der Waals surface area contributed by atoms with E-state index in [-0.39, 0.29) is 10.8 Å². The van der Waals surface area contributed by atoms with Crippen molar-refractivity contribution in [1.82, 2.24) is 4.57 Å². The highest BCUT2D eigenvalue weighted by atomic mass is 16.4. The summed E-state index contributed by atoms with van der Waals surface area (Å²) >= 11 is 0. The number of carboxylic acid groups (broad SMARTS) is 1. The number of benzene rings is 3. The Morgan fingerprint density at radius 3 is 2.05 bits per heavy atom. The third-order valence-corrected chi connectivity index (χ3v) is 8.26. The molecule has 0 spiro atoms. The quantitative estimate of drug-likeness (QED) is 0.215. The molecule has 0 atom stereocenters. The number of aliphatic hydroxyl groups excluding tert-OH is 1. The molecule has 0 aliphatic heterocycles. The van der Waals surface area contributed by atoms with E-state index in [1.165, 1.54) is 32.9 Å². The Morgan fingerprint density at radius 2 is 1.49 bits per heavy atom. The lowest BCUT2D eigenvalue weighted by atomic mass is 9.81. The maximum absolute atomic E-state index is 11.5. The number of carbonyl (C=O) groups is 1. The first-order valence-electron chi connectivity index (χ1n) is 14.4. The van der Waals surface area contributed by atoms with E-state index in [9.17, 15) is 9.90 Å². The molecule has 0 fully saturated rings.